The number of nitrogens with zero attached hydrogens (tertiary/aromatic N) is 1. The third-order valence-electron chi connectivity index (χ3n) is 16.0. The zero-order valence-electron chi connectivity index (χ0n) is 63.5. The molecule has 9 heteroatoms. The van der Waals surface area contributed by atoms with Gasteiger partial charge < -0.3 is 33.3 Å². The lowest BCUT2D eigenvalue weighted by molar-refractivity contribution is -0.870. The molecule has 0 amide bonds. The number of carbonyl (C=O) groups is 3. The van der Waals surface area contributed by atoms with Crippen LogP contribution >= 0.6 is 0 Å². The average Bonchev–Trinajstić information content (AvgIpc) is 1.14. The van der Waals surface area contributed by atoms with Crippen LogP contribution in [0.4, 0.5) is 0 Å². The van der Waals surface area contributed by atoms with Gasteiger partial charge in [0.05, 0.1) is 40.3 Å². The van der Waals surface area contributed by atoms with E-state index >= 15 is 0 Å². The summed E-state index contributed by atoms with van der Waals surface area (Å²) in [4.78, 5) is 37.6. The van der Waals surface area contributed by atoms with Crippen LogP contribution in [-0.4, -0.2) is 82.3 Å². The van der Waals surface area contributed by atoms with Crippen LogP contribution in [0.3, 0.4) is 0 Å². The van der Waals surface area contributed by atoms with Crippen LogP contribution in [0.1, 0.15) is 284 Å². The highest BCUT2D eigenvalue weighted by Crippen LogP contribution is 2.17. The predicted octanol–water partition coefficient (Wildman–Crippen LogP) is 24.1. The number of carboxylic acids is 1. The lowest BCUT2D eigenvalue weighted by Gasteiger charge is -2.26. The Bertz CT molecular complexity index is 2390. The summed E-state index contributed by atoms with van der Waals surface area (Å²) >= 11 is 0. The minimum atomic E-state index is -1.65. The van der Waals surface area contributed by atoms with Gasteiger partial charge in [-0.05, 0) is 148 Å². The molecule has 2 atom stereocenters. The minimum absolute atomic E-state index is 0.129. The van der Waals surface area contributed by atoms with Crippen molar-refractivity contribution in [2.75, 3.05) is 47.5 Å². The molecule has 0 heterocycles. The quantitative estimate of drug-likeness (QED) is 0.0195. The van der Waals surface area contributed by atoms with E-state index in [1.54, 1.807) is 0 Å². The summed E-state index contributed by atoms with van der Waals surface area (Å²) in [6.07, 6.45) is 118. The molecule has 0 saturated carbocycles. The number of aliphatic carboxylic acids is 1. The summed E-state index contributed by atoms with van der Waals surface area (Å²) in [5, 5.41) is 11.9. The number of esters is 2. The second-order valence-electron chi connectivity index (χ2n) is 26.5. The van der Waals surface area contributed by atoms with Gasteiger partial charge in [-0.15, -0.1) is 0 Å². The Hall–Kier alpha value is -6.13. The molecule has 0 spiro atoms. The number of hydrogen-bond acceptors (Lipinski definition) is 8. The van der Waals surface area contributed by atoms with E-state index in [0.717, 1.165) is 141 Å². The van der Waals surface area contributed by atoms with E-state index in [-0.39, 0.29) is 38.6 Å². The van der Waals surface area contributed by atoms with Crippen molar-refractivity contribution >= 4 is 17.9 Å². The van der Waals surface area contributed by atoms with Crippen LogP contribution in [0, 0.1) is 0 Å². The van der Waals surface area contributed by atoms with E-state index in [0.29, 0.717) is 17.4 Å². The summed E-state index contributed by atoms with van der Waals surface area (Å²) in [7, 11) is 5.91. The van der Waals surface area contributed by atoms with Gasteiger partial charge in [0, 0.05) is 12.8 Å². The van der Waals surface area contributed by atoms with Gasteiger partial charge in [-0.1, -0.05) is 330 Å². The second-order valence-corrected chi connectivity index (χ2v) is 26.5. The molecule has 0 aliphatic heterocycles. The molecule has 0 radical (unpaired) electrons. The highest BCUT2D eigenvalue weighted by atomic mass is 16.7. The molecule has 0 aromatic rings. The number of rotatable bonds is 70. The number of ether oxygens (including phenoxy) is 4. The molecule has 0 aliphatic rings. The van der Waals surface area contributed by atoms with Crippen LogP contribution in [0.15, 0.2) is 207 Å². The maximum atomic E-state index is 12.9. The van der Waals surface area contributed by atoms with Crippen LogP contribution in [0.5, 0.6) is 0 Å². The third kappa shape index (κ3) is 79.1. The number of hydrogen-bond donors (Lipinski definition) is 0. The van der Waals surface area contributed by atoms with Gasteiger partial charge in [-0.2, -0.15) is 0 Å². The number of allylic oxidation sites excluding steroid dienone is 34. The summed E-state index contributed by atoms with van der Waals surface area (Å²) in [6, 6.07) is 0. The predicted molar refractivity (Wildman–Crippen MR) is 425 cm³/mol. The smallest absolute Gasteiger partial charge is 0.306 e. The van der Waals surface area contributed by atoms with Gasteiger partial charge in [0.15, 0.2) is 12.4 Å². The van der Waals surface area contributed by atoms with E-state index in [4.69, 9.17) is 18.9 Å². The Morgan fingerprint density at radius 2 is 0.545 bits per heavy atom. The maximum Gasteiger partial charge on any atom is 0.306 e. The fourth-order valence-corrected chi connectivity index (χ4v) is 10.1. The van der Waals surface area contributed by atoms with E-state index in [1.165, 1.54) is 109 Å². The summed E-state index contributed by atoms with van der Waals surface area (Å²) in [5.74, 6) is -2.36. The lowest BCUT2D eigenvalue weighted by Crippen LogP contribution is -2.44. The first-order valence-electron chi connectivity index (χ1n) is 39.2. The van der Waals surface area contributed by atoms with E-state index in [9.17, 15) is 19.5 Å². The molecule has 99 heavy (non-hydrogen) atoms. The number of likely N-dealkylation sites (N-methyl/N-ethyl adjacent to an activating group) is 1. The lowest BCUT2D eigenvalue weighted by atomic mass is 10.0. The molecule has 556 valence electrons. The van der Waals surface area contributed by atoms with Crippen LogP contribution in [0.2, 0.25) is 0 Å². The van der Waals surface area contributed by atoms with Gasteiger partial charge in [-0.3, -0.25) is 9.59 Å². The molecule has 0 aliphatic carbocycles. The highest BCUT2D eigenvalue weighted by molar-refractivity contribution is 5.70. The van der Waals surface area contributed by atoms with Crippen LogP contribution < -0.4 is 5.11 Å². The summed E-state index contributed by atoms with van der Waals surface area (Å²) in [6.45, 7) is 4.46. The molecule has 0 bridgehead atoms. The Morgan fingerprint density at radius 1 is 0.303 bits per heavy atom. The summed E-state index contributed by atoms with van der Waals surface area (Å²) < 4.78 is 22.8. The molecule has 0 aromatic heterocycles. The summed E-state index contributed by atoms with van der Waals surface area (Å²) in [5.41, 5.74) is 0. The zero-order chi connectivity index (χ0) is 71.8. The van der Waals surface area contributed by atoms with Crippen LogP contribution in [-0.2, 0) is 33.3 Å². The fraction of sp³-hybridized carbons (Fsp3) is 0.589. The molecular formula is C90H143NO8. The van der Waals surface area contributed by atoms with E-state index < -0.39 is 24.3 Å². The van der Waals surface area contributed by atoms with Crippen LogP contribution in [0.25, 0.3) is 0 Å². The van der Waals surface area contributed by atoms with E-state index in [2.05, 4.69) is 220 Å². The Balaban J connectivity index is 4.19. The first-order chi connectivity index (χ1) is 48.6. The standard InChI is InChI=1S/C90H143NO8/c1-6-8-10-12-14-16-18-20-22-24-26-28-30-32-34-36-38-40-42-43-44-45-47-49-51-53-55-57-59-61-63-65-67-69-71-73-75-77-79-81-88(93)99-86(85-98-90(89(94)95)96-83-82-91(3,4)5)84-97-87(92)80-78-76-74-72-70-68-66-64-62-60-58-56-54-52-50-48-46-41-39-37-35-33-31-29-27-25-23-21-19-17-15-13-11-9-7-2/h8-11,14-17,20-23,26-29,32-35,38,40,43-44,47,49,53,55,59,61,65,67,71,73,86,90H,6-7,12-13,18-19,24-25,30-31,36-37,39,41-42,45-46,48,50-52,54,56-58,60,62-64,66,68-70,72,74-85H2,1-5H3/b10-8-,11-9-,16-14-,17-15-,22-20-,23-21-,28-26-,29-27-,34-32-,35-33-,40-38-,44-43-,49-47-,55-53-,61-59-,67-65-,73-71-. The van der Waals surface area contributed by atoms with Crippen molar-refractivity contribution in [2.45, 2.75) is 296 Å². The van der Waals surface area contributed by atoms with Gasteiger partial charge in [-0.25, -0.2) is 0 Å². The Labute approximate surface area is 607 Å². The maximum absolute atomic E-state index is 12.9. The molecule has 0 N–H and O–H groups in total. The Kier molecular flexibility index (Phi) is 72.8. The third-order valence-corrected chi connectivity index (χ3v) is 16.0. The van der Waals surface area contributed by atoms with Crippen molar-refractivity contribution < 1.29 is 42.9 Å². The van der Waals surface area contributed by atoms with Crippen molar-refractivity contribution in [2.24, 2.45) is 0 Å². The SMILES string of the molecule is CC/C=C\C/C=C\C/C=C\C/C=C\C/C=C\C/C=C\C/C=C\C/C=C\C/C=C\C/C=C\C/C=C\C/C=C\CCCCC(=O)OC(COC(=O)CCCCCCCCCCCCCCCCCCCCC/C=C\C/C=C\C/C=C\C/C=C\C/C=C\CC)COC(OCC[N+](C)(C)C)C(=O)[O-]. The fourth-order valence-electron chi connectivity index (χ4n) is 10.1. The topological polar surface area (TPSA) is 111 Å². The van der Waals surface area contributed by atoms with Gasteiger partial charge in [0.25, 0.3) is 0 Å². The van der Waals surface area contributed by atoms with Crippen molar-refractivity contribution in [1.29, 1.82) is 0 Å². The van der Waals surface area contributed by atoms with Crippen molar-refractivity contribution in [3.05, 3.63) is 207 Å². The first kappa shape index (κ1) is 92.9. The molecule has 0 aromatic carbocycles. The largest absolute Gasteiger partial charge is 0.545 e. The van der Waals surface area contributed by atoms with Crippen molar-refractivity contribution in [3.8, 4) is 0 Å². The van der Waals surface area contributed by atoms with Crippen molar-refractivity contribution in [1.82, 2.24) is 0 Å². The van der Waals surface area contributed by atoms with Gasteiger partial charge in [0.2, 0.25) is 0 Å². The number of carboxylic acid groups (broad SMARTS) is 1. The minimum Gasteiger partial charge on any atom is -0.545 e. The molecule has 2 unspecified atom stereocenters. The van der Waals surface area contributed by atoms with Crippen molar-refractivity contribution in [3.63, 3.8) is 0 Å². The number of carbonyl (C=O) groups excluding carboxylic acids is 3. The molecule has 9 nitrogen and oxygen atoms in total. The number of quaternary nitrogens is 1. The molecular weight excluding hydrogens is 1220 g/mol. The first-order valence-corrected chi connectivity index (χ1v) is 39.2. The second kappa shape index (κ2) is 77.6. The van der Waals surface area contributed by atoms with Gasteiger partial charge in [0.1, 0.15) is 13.2 Å². The monoisotopic (exact) mass is 1370 g/mol. The van der Waals surface area contributed by atoms with E-state index in [1.807, 2.05) is 21.1 Å². The molecule has 0 saturated heterocycles. The van der Waals surface area contributed by atoms with Gasteiger partial charge >= 0.3 is 11.9 Å². The Morgan fingerprint density at radius 3 is 0.828 bits per heavy atom. The number of unbranched alkanes of at least 4 members (excludes halogenated alkanes) is 21. The molecule has 0 rings (SSSR count). The average molecular weight is 1370 g/mol. The normalized spacial score (nSPS) is 13.8. The zero-order valence-corrected chi connectivity index (χ0v) is 63.5. The highest BCUT2D eigenvalue weighted by Gasteiger charge is 2.22. The molecule has 0 fully saturated rings.